The van der Waals surface area contributed by atoms with Gasteiger partial charge in [0.1, 0.15) is 0 Å². The van der Waals surface area contributed by atoms with Crippen molar-refractivity contribution in [2.75, 3.05) is 19.7 Å². The highest BCUT2D eigenvalue weighted by atomic mass is 32.2. The summed E-state index contributed by atoms with van der Waals surface area (Å²) in [6.07, 6.45) is 8.29. The molecule has 1 heterocycles. The van der Waals surface area contributed by atoms with E-state index in [-0.39, 0.29) is 34.4 Å². The van der Waals surface area contributed by atoms with Crippen LogP contribution in [0.1, 0.15) is 99.3 Å². The molecule has 0 radical (unpaired) electrons. The van der Waals surface area contributed by atoms with Gasteiger partial charge in [0.15, 0.2) is 11.5 Å². The summed E-state index contributed by atoms with van der Waals surface area (Å²) in [7, 11) is 0. The highest BCUT2D eigenvalue weighted by molar-refractivity contribution is 7.87. The van der Waals surface area contributed by atoms with E-state index in [4.69, 9.17) is 4.74 Å². The molecule has 3 N–H and O–H groups in total. The number of nitrogens with zero attached hydrogens (tertiary/aromatic N) is 1. The van der Waals surface area contributed by atoms with Crippen LogP contribution in [0.3, 0.4) is 0 Å². The first-order valence-electron chi connectivity index (χ1n) is 15.8. The molecule has 0 spiro atoms. The van der Waals surface area contributed by atoms with Crippen LogP contribution in [-0.2, 0) is 16.3 Å². The van der Waals surface area contributed by atoms with Gasteiger partial charge in [-0.3, -0.25) is 0 Å². The third-order valence-corrected chi connectivity index (χ3v) is 13.6. The zero-order chi connectivity index (χ0) is 28.3. The third-order valence-electron chi connectivity index (χ3n) is 12.6. The third kappa shape index (κ3) is 5.28. The van der Waals surface area contributed by atoms with Crippen molar-refractivity contribution in [1.82, 2.24) is 9.03 Å². The summed E-state index contributed by atoms with van der Waals surface area (Å²) >= 11 is -1.53. The maximum atomic E-state index is 12.3. The van der Waals surface area contributed by atoms with Gasteiger partial charge in [-0.25, -0.2) is 4.79 Å². The molecule has 0 bridgehead atoms. The largest absolute Gasteiger partial charge is 0.573 e. The molecule has 7 nitrogen and oxygen atoms in total. The molecular formula is C31H54N2O5S. The number of hydrogen-bond donors (Lipinski definition) is 3. The summed E-state index contributed by atoms with van der Waals surface area (Å²) in [6.45, 7) is 15.5. The number of fused-ring (bicyclic) bond motifs is 5. The van der Waals surface area contributed by atoms with Crippen molar-refractivity contribution in [3.63, 3.8) is 0 Å². The van der Waals surface area contributed by atoms with E-state index < -0.39 is 17.6 Å². The number of carbonyl (C=O) groups is 1. The highest BCUT2D eigenvalue weighted by Gasteiger charge is 2.64. The van der Waals surface area contributed by atoms with E-state index in [2.05, 4.69) is 46.3 Å². The molecule has 0 aromatic rings. The lowest BCUT2D eigenvalue weighted by Gasteiger charge is -2.64. The summed E-state index contributed by atoms with van der Waals surface area (Å²) in [5.41, 5.74) is 0.571. The molecule has 4 unspecified atom stereocenters. The zero-order valence-electron chi connectivity index (χ0n) is 25.2. The molecule has 4 aliphatic carbocycles. The Labute approximate surface area is 239 Å². The van der Waals surface area contributed by atoms with Gasteiger partial charge in [-0.05, 0) is 109 Å². The quantitative estimate of drug-likeness (QED) is 0.362. The first-order valence-corrected chi connectivity index (χ1v) is 16.9. The van der Waals surface area contributed by atoms with E-state index >= 15 is 0 Å². The minimum absolute atomic E-state index is 0.147. The van der Waals surface area contributed by atoms with E-state index in [1.54, 1.807) is 4.31 Å². The van der Waals surface area contributed by atoms with Gasteiger partial charge >= 0.3 is 6.09 Å². The molecule has 1 amide bonds. The fraction of sp³-hybridized carbons (Fsp3) is 0.968. The van der Waals surface area contributed by atoms with Crippen LogP contribution in [0.25, 0.3) is 0 Å². The second-order valence-electron chi connectivity index (χ2n) is 15.3. The van der Waals surface area contributed by atoms with Crippen LogP contribution in [0.5, 0.6) is 0 Å². The van der Waals surface area contributed by atoms with Crippen molar-refractivity contribution in [2.24, 2.45) is 57.7 Å². The van der Waals surface area contributed by atoms with Crippen LogP contribution in [0.4, 0.5) is 4.79 Å². The van der Waals surface area contributed by atoms with Crippen LogP contribution in [0.15, 0.2) is 0 Å². The van der Waals surface area contributed by atoms with Crippen LogP contribution < -0.4 is 4.72 Å². The van der Waals surface area contributed by atoms with E-state index in [0.717, 1.165) is 32.1 Å². The minimum atomic E-state index is -1.53. The van der Waals surface area contributed by atoms with Gasteiger partial charge in [0.05, 0.1) is 31.9 Å². The van der Waals surface area contributed by atoms with Crippen molar-refractivity contribution >= 4 is 17.6 Å². The van der Waals surface area contributed by atoms with Gasteiger partial charge in [0.25, 0.3) is 0 Å². The van der Waals surface area contributed by atoms with Crippen LogP contribution >= 0.6 is 0 Å². The Kier molecular flexibility index (Phi) is 8.40. The molecule has 0 aromatic heterocycles. The predicted molar refractivity (Wildman–Crippen MR) is 154 cm³/mol. The number of amides is 1. The smallest absolute Gasteiger partial charge is 0.450 e. The van der Waals surface area contributed by atoms with Crippen LogP contribution in [-0.4, -0.2) is 57.1 Å². The maximum absolute atomic E-state index is 12.3. The molecule has 8 heteroatoms. The lowest BCUT2D eigenvalue weighted by molar-refractivity contribution is -0.203. The molecule has 0 aromatic carbocycles. The fourth-order valence-electron chi connectivity index (χ4n) is 10.7. The van der Waals surface area contributed by atoms with E-state index in [0.29, 0.717) is 55.2 Å². The van der Waals surface area contributed by atoms with Crippen molar-refractivity contribution in [2.45, 2.75) is 112 Å². The van der Waals surface area contributed by atoms with Crippen molar-refractivity contribution < 1.29 is 24.3 Å². The van der Waals surface area contributed by atoms with E-state index in [9.17, 15) is 19.6 Å². The van der Waals surface area contributed by atoms with Gasteiger partial charge in [-0.15, -0.1) is 9.03 Å². The Morgan fingerprint density at radius 1 is 1.05 bits per heavy atom. The lowest BCUT2D eigenvalue weighted by atomic mass is 9.41. The first-order chi connectivity index (χ1) is 18.3. The second kappa shape index (κ2) is 10.9. The molecule has 4 saturated carbocycles. The van der Waals surface area contributed by atoms with Crippen LogP contribution in [0.2, 0.25) is 0 Å². The molecule has 5 rings (SSSR count). The predicted octanol–water partition coefficient (Wildman–Crippen LogP) is 5.29. The number of carbonyl (C=O) groups excluding carboxylic acids is 1. The van der Waals surface area contributed by atoms with Gasteiger partial charge < -0.3 is 19.5 Å². The summed E-state index contributed by atoms with van der Waals surface area (Å²) < 4.78 is 22.0. The van der Waals surface area contributed by atoms with Gasteiger partial charge in [0, 0.05) is 0 Å². The fourth-order valence-corrected chi connectivity index (χ4v) is 11.9. The van der Waals surface area contributed by atoms with Crippen molar-refractivity contribution in [1.29, 1.82) is 0 Å². The normalized spacial score (nSPS) is 46.7. The SMILES string of the molecule is CC[C@@H]1C2C[C@H](O)CCC2(C)[C@H]2CCC3(C)[C@@H]([C@H](C)CCOC(=O)N[S+]([O-])N4CC(C)(C)C4)CC[C@H]3[C@H]2[C@@H]1O. The Bertz CT molecular complexity index is 896. The second-order valence-corrected chi connectivity index (χ2v) is 16.6. The maximum Gasteiger partial charge on any atom is 0.450 e. The van der Waals surface area contributed by atoms with E-state index in [1.807, 2.05) is 0 Å². The van der Waals surface area contributed by atoms with Crippen molar-refractivity contribution in [3.8, 4) is 0 Å². The molecular weight excluding hydrogens is 512 g/mol. The lowest BCUT2D eigenvalue weighted by Crippen LogP contribution is -2.62. The Hall–Kier alpha value is -0.540. The number of rotatable bonds is 7. The van der Waals surface area contributed by atoms with Gasteiger partial charge in [0.2, 0.25) is 0 Å². The molecule has 39 heavy (non-hydrogen) atoms. The Balaban J connectivity index is 1.19. The molecule has 1 saturated heterocycles. The number of ether oxygens (including phenoxy) is 1. The van der Waals surface area contributed by atoms with Gasteiger partial charge in [-0.2, -0.15) is 0 Å². The summed E-state index contributed by atoms with van der Waals surface area (Å²) in [6, 6.07) is 0. The monoisotopic (exact) mass is 566 g/mol. The minimum Gasteiger partial charge on any atom is -0.573 e. The number of nitrogens with one attached hydrogen (secondary N) is 1. The molecule has 224 valence electrons. The summed E-state index contributed by atoms with van der Waals surface area (Å²) in [5.74, 6) is 3.11. The molecule has 5 aliphatic rings. The standard InChI is InChI=1S/C31H54N2O5S/c1-7-21-25-16-20(34)10-13-31(25,6)24-11-14-30(5)22(8-9-23(30)26(24)27(21)35)19(2)12-15-38-28(36)32-39(37)33-17-29(3,4)18-33/h19-27,34-35H,7-18H2,1-6H3,(H,32,36)/t19-,20-,21-,22-,23+,24+,25?,26-,27-,30?,31?,39?/m1/s1. The van der Waals surface area contributed by atoms with Crippen molar-refractivity contribution in [3.05, 3.63) is 0 Å². The highest BCUT2D eigenvalue weighted by Crippen LogP contribution is 2.69. The van der Waals surface area contributed by atoms with Gasteiger partial charge in [-0.1, -0.05) is 48.0 Å². The zero-order valence-corrected chi connectivity index (χ0v) is 26.0. The molecule has 1 aliphatic heterocycles. The van der Waals surface area contributed by atoms with E-state index in [1.165, 1.54) is 25.7 Å². The number of hydrogen-bond acceptors (Lipinski definition) is 6. The summed E-state index contributed by atoms with van der Waals surface area (Å²) in [5, 5.41) is 22.4. The first kappa shape index (κ1) is 29.9. The average molecular weight is 567 g/mol. The average Bonchev–Trinajstić information content (AvgIpc) is 3.21. The molecule has 5 fully saturated rings. The Morgan fingerprint density at radius 3 is 2.38 bits per heavy atom. The Morgan fingerprint density at radius 2 is 1.72 bits per heavy atom. The molecule has 12 atom stereocenters. The number of aliphatic hydroxyl groups excluding tert-OH is 2. The number of aliphatic hydroxyl groups is 2. The topological polar surface area (TPSA) is 105 Å². The van der Waals surface area contributed by atoms with Crippen LogP contribution in [0, 0.1) is 57.7 Å². The summed E-state index contributed by atoms with van der Waals surface area (Å²) in [4.78, 5) is 12.3.